The van der Waals surface area contributed by atoms with Gasteiger partial charge in [0.25, 0.3) is 0 Å². The van der Waals surface area contributed by atoms with Gasteiger partial charge in [-0.05, 0) is 18.6 Å². The van der Waals surface area contributed by atoms with E-state index in [1.807, 2.05) is 30.4 Å². The molecule has 1 N–H and O–H groups in total. The van der Waals surface area contributed by atoms with E-state index in [1.165, 1.54) is 0 Å². The van der Waals surface area contributed by atoms with Gasteiger partial charge >= 0.3 is 0 Å². The number of imidazole rings is 1. The van der Waals surface area contributed by atoms with Crippen LogP contribution in [0.5, 0.6) is 0 Å². The lowest BCUT2D eigenvalue weighted by atomic mass is 10.1. The third-order valence-corrected chi connectivity index (χ3v) is 3.28. The van der Waals surface area contributed by atoms with Crippen LogP contribution >= 0.6 is 0 Å². The smallest absolute Gasteiger partial charge is 0.124 e. The van der Waals surface area contributed by atoms with Crippen LogP contribution in [0, 0.1) is 0 Å². The molecule has 0 radical (unpaired) electrons. The standard InChI is InChI=1S/C16H21N3/c1-4-11-19(12-5-2)15(6-3)16-17-13-9-7-8-10-14(13)18-16/h4-5,7-10,15H,1-2,6,11-12H2,3H3,(H,17,18). The first-order valence-electron chi connectivity index (χ1n) is 6.70. The van der Waals surface area contributed by atoms with Crippen molar-refractivity contribution in [3.8, 4) is 0 Å². The molecular weight excluding hydrogens is 234 g/mol. The summed E-state index contributed by atoms with van der Waals surface area (Å²) < 4.78 is 0. The molecule has 0 aliphatic heterocycles. The zero-order valence-electron chi connectivity index (χ0n) is 11.5. The topological polar surface area (TPSA) is 31.9 Å². The van der Waals surface area contributed by atoms with Gasteiger partial charge in [0, 0.05) is 13.1 Å². The summed E-state index contributed by atoms with van der Waals surface area (Å²) in [7, 11) is 0. The molecule has 0 saturated heterocycles. The van der Waals surface area contributed by atoms with E-state index in [4.69, 9.17) is 4.98 Å². The molecule has 0 spiro atoms. The highest BCUT2D eigenvalue weighted by atomic mass is 15.2. The molecule has 3 nitrogen and oxygen atoms in total. The summed E-state index contributed by atoms with van der Waals surface area (Å²) in [5, 5.41) is 0. The van der Waals surface area contributed by atoms with Crippen LogP contribution in [-0.2, 0) is 0 Å². The average Bonchev–Trinajstić information content (AvgIpc) is 2.83. The minimum atomic E-state index is 0.267. The Bertz CT molecular complexity index is 513. The molecule has 1 atom stereocenters. The van der Waals surface area contributed by atoms with Gasteiger partial charge in [-0.25, -0.2) is 4.98 Å². The third kappa shape index (κ3) is 2.93. The van der Waals surface area contributed by atoms with E-state index in [0.717, 1.165) is 36.4 Å². The fraction of sp³-hybridized carbons (Fsp3) is 0.312. The molecule has 1 aromatic carbocycles. The van der Waals surface area contributed by atoms with Crippen molar-refractivity contribution in [2.75, 3.05) is 13.1 Å². The van der Waals surface area contributed by atoms with Crippen molar-refractivity contribution in [1.82, 2.24) is 14.9 Å². The molecule has 0 aliphatic rings. The van der Waals surface area contributed by atoms with Crippen LogP contribution in [0.3, 0.4) is 0 Å². The molecule has 1 unspecified atom stereocenters. The Hall–Kier alpha value is -1.87. The monoisotopic (exact) mass is 255 g/mol. The normalized spacial score (nSPS) is 12.7. The summed E-state index contributed by atoms with van der Waals surface area (Å²) in [4.78, 5) is 10.4. The predicted molar refractivity (Wildman–Crippen MR) is 81.1 cm³/mol. The Kier molecular flexibility index (Phi) is 4.53. The Labute approximate surface area is 114 Å². The number of H-pyrrole nitrogens is 1. The lowest BCUT2D eigenvalue weighted by molar-refractivity contribution is 0.229. The number of hydrogen-bond acceptors (Lipinski definition) is 2. The zero-order valence-corrected chi connectivity index (χ0v) is 11.5. The van der Waals surface area contributed by atoms with Crippen molar-refractivity contribution in [2.24, 2.45) is 0 Å². The van der Waals surface area contributed by atoms with E-state index in [-0.39, 0.29) is 6.04 Å². The second-order valence-corrected chi connectivity index (χ2v) is 4.59. The van der Waals surface area contributed by atoms with E-state index in [9.17, 15) is 0 Å². The maximum absolute atomic E-state index is 4.70. The molecule has 0 saturated carbocycles. The average molecular weight is 255 g/mol. The number of benzene rings is 1. The van der Waals surface area contributed by atoms with Gasteiger partial charge in [0.05, 0.1) is 17.1 Å². The van der Waals surface area contributed by atoms with E-state index < -0.39 is 0 Å². The summed E-state index contributed by atoms with van der Waals surface area (Å²) in [5.74, 6) is 1.02. The maximum atomic E-state index is 4.70. The van der Waals surface area contributed by atoms with E-state index in [1.54, 1.807) is 0 Å². The fourth-order valence-corrected chi connectivity index (χ4v) is 2.42. The maximum Gasteiger partial charge on any atom is 0.124 e. The van der Waals surface area contributed by atoms with E-state index >= 15 is 0 Å². The van der Waals surface area contributed by atoms with Gasteiger partial charge < -0.3 is 4.98 Å². The molecule has 19 heavy (non-hydrogen) atoms. The molecule has 1 aromatic heterocycles. The number of aromatic nitrogens is 2. The Balaban J connectivity index is 2.33. The highest BCUT2D eigenvalue weighted by Crippen LogP contribution is 2.24. The molecule has 0 aliphatic carbocycles. The first-order valence-corrected chi connectivity index (χ1v) is 6.70. The van der Waals surface area contributed by atoms with Gasteiger partial charge in [0.2, 0.25) is 0 Å². The summed E-state index contributed by atoms with van der Waals surface area (Å²) in [6, 6.07) is 8.40. The SMILES string of the molecule is C=CCN(CC=C)C(CC)c1nc2ccccc2[nH]1. The molecule has 0 amide bonds. The van der Waals surface area contributed by atoms with Crippen molar-refractivity contribution in [3.05, 3.63) is 55.4 Å². The zero-order chi connectivity index (χ0) is 13.7. The number of hydrogen-bond donors (Lipinski definition) is 1. The number of para-hydroxylation sites is 2. The van der Waals surface area contributed by atoms with Crippen LogP contribution in [0.1, 0.15) is 25.2 Å². The summed E-state index contributed by atoms with van der Waals surface area (Å²) in [6.45, 7) is 11.5. The third-order valence-electron chi connectivity index (χ3n) is 3.28. The van der Waals surface area contributed by atoms with Gasteiger partial charge in [0.15, 0.2) is 0 Å². The van der Waals surface area contributed by atoms with Gasteiger partial charge in [-0.15, -0.1) is 13.2 Å². The number of nitrogens with one attached hydrogen (secondary N) is 1. The molecule has 100 valence electrons. The van der Waals surface area contributed by atoms with Gasteiger partial charge in [-0.3, -0.25) is 4.90 Å². The van der Waals surface area contributed by atoms with Gasteiger partial charge in [-0.1, -0.05) is 31.2 Å². The predicted octanol–water partition coefficient (Wildman–Crippen LogP) is 3.69. The summed E-state index contributed by atoms with van der Waals surface area (Å²) in [5.41, 5.74) is 2.11. The number of aromatic amines is 1. The lowest BCUT2D eigenvalue weighted by Crippen LogP contribution is -2.29. The van der Waals surface area contributed by atoms with Crippen molar-refractivity contribution in [2.45, 2.75) is 19.4 Å². The van der Waals surface area contributed by atoms with E-state index in [0.29, 0.717) is 0 Å². The van der Waals surface area contributed by atoms with Crippen molar-refractivity contribution < 1.29 is 0 Å². The van der Waals surface area contributed by atoms with Crippen molar-refractivity contribution >= 4 is 11.0 Å². The minimum absolute atomic E-state index is 0.267. The number of nitrogens with zero attached hydrogens (tertiary/aromatic N) is 2. The van der Waals surface area contributed by atoms with Crippen LogP contribution < -0.4 is 0 Å². The lowest BCUT2D eigenvalue weighted by Gasteiger charge is -2.27. The van der Waals surface area contributed by atoms with Crippen molar-refractivity contribution in [1.29, 1.82) is 0 Å². The second-order valence-electron chi connectivity index (χ2n) is 4.59. The minimum Gasteiger partial charge on any atom is -0.341 e. The highest BCUT2D eigenvalue weighted by Gasteiger charge is 2.19. The van der Waals surface area contributed by atoms with Crippen LogP contribution in [0.15, 0.2) is 49.6 Å². The quantitative estimate of drug-likeness (QED) is 0.765. The fourth-order valence-electron chi connectivity index (χ4n) is 2.42. The molecule has 2 rings (SSSR count). The molecule has 1 heterocycles. The Morgan fingerprint density at radius 3 is 2.53 bits per heavy atom. The number of rotatable bonds is 7. The van der Waals surface area contributed by atoms with Crippen LogP contribution in [0.4, 0.5) is 0 Å². The molecule has 0 fully saturated rings. The Morgan fingerprint density at radius 2 is 1.95 bits per heavy atom. The number of fused-ring (bicyclic) bond motifs is 1. The van der Waals surface area contributed by atoms with Crippen LogP contribution in [-0.4, -0.2) is 28.0 Å². The highest BCUT2D eigenvalue weighted by molar-refractivity contribution is 5.74. The van der Waals surface area contributed by atoms with E-state index in [2.05, 4.69) is 36.0 Å². The summed E-state index contributed by atoms with van der Waals surface area (Å²) in [6.07, 6.45) is 4.85. The first kappa shape index (κ1) is 13.6. The van der Waals surface area contributed by atoms with Gasteiger partial charge in [-0.2, -0.15) is 0 Å². The van der Waals surface area contributed by atoms with Crippen LogP contribution in [0.25, 0.3) is 11.0 Å². The summed E-state index contributed by atoms with van der Waals surface area (Å²) >= 11 is 0. The van der Waals surface area contributed by atoms with Crippen LogP contribution in [0.2, 0.25) is 0 Å². The molecule has 2 aromatic rings. The molecular formula is C16H21N3. The molecule has 0 bridgehead atoms. The van der Waals surface area contributed by atoms with Crippen molar-refractivity contribution in [3.63, 3.8) is 0 Å². The Morgan fingerprint density at radius 1 is 1.26 bits per heavy atom. The largest absolute Gasteiger partial charge is 0.341 e. The van der Waals surface area contributed by atoms with Gasteiger partial charge in [0.1, 0.15) is 5.82 Å². The molecule has 3 heteroatoms. The first-order chi connectivity index (χ1) is 9.30. The second kappa shape index (κ2) is 6.34.